The first-order valence-corrected chi connectivity index (χ1v) is 9.21. The van der Waals surface area contributed by atoms with Crippen LogP contribution in [0.5, 0.6) is 11.5 Å². The van der Waals surface area contributed by atoms with Crippen LogP contribution in [-0.4, -0.2) is 10.2 Å². The molecule has 2 aromatic rings. The number of hydrogen-bond donors (Lipinski definition) is 2. The molecule has 8 heteroatoms. The molecule has 0 heterocycles. The van der Waals surface area contributed by atoms with Gasteiger partial charge in [0.15, 0.2) is 0 Å². The number of phenols is 2. The van der Waals surface area contributed by atoms with Gasteiger partial charge in [0.05, 0.1) is 29.7 Å². The Bertz CT molecular complexity index is 776. The van der Waals surface area contributed by atoms with E-state index in [1.807, 2.05) is 57.3 Å². The van der Waals surface area contributed by atoms with Crippen molar-refractivity contribution in [3.8, 4) is 23.6 Å². The lowest BCUT2D eigenvalue weighted by molar-refractivity contribution is 0.468. The Hall–Kier alpha value is -0.560. The highest BCUT2D eigenvalue weighted by molar-refractivity contribution is 14.1. The summed E-state index contributed by atoms with van der Waals surface area (Å²) < 4.78 is 2.58. The molecular weight excluding hydrogens is 642 g/mol. The second-order valence-corrected chi connectivity index (χ2v) is 7.64. The topological polar surface area (TPSA) is 88.0 Å². The van der Waals surface area contributed by atoms with Gasteiger partial charge < -0.3 is 10.2 Å². The van der Waals surface area contributed by atoms with Gasteiger partial charge in [-0.3, -0.25) is 0 Å². The van der Waals surface area contributed by atoms with E-state index in [1.165, 1.54) is 6.07 Å². The summed E-state index contributed by atoms with van der Waals surface area (Å²) in [7, 11) is 0. The first kappa shape index (κ1) is 19.5. The molecule has 0 bridgehead atoms. The van der Waals surface area contributed by atoms with Crippen LogP contribution in [0.25, 0.3) is 0 Å². The smallest absolute Gasteiger partial charge is 0.144 e. The summed E-state index contributed by atoms with van der Waals surface area (Å²) in [5.41, 5.74) is 1.11. The highest BCUT2D eigenvalue weighted by Crippen LogP contribution is 2.32. The molecule has 112 valence electrons. The third kappa shape index (κ3) is 4.98. The van der Waals surface area contributed by atoms with Crippen LogP contribution in [-0.2, 0) is 0 Å². The number of nitriles is 2. The molecule has 0 aliphatic carbocycles. The molecule has 2 rings (SSSR count). The van der Waals surface area contributed by atoms with Crippen molar-refractivity contribution in [3.05, 3.63) is 51.5 Å². The molecule has 0 amide bonds. The van der Waals surface area contributed by atoms with Crippen molar-refractivity contribution in [1.29, 1.82) is 10.5 Å². The highest BCUT2D eigenvalue weighted by atomic mass is 127. The lowest BCUT2D eigenvalue weighted by Gasteiger charge is -2.00. The Morgan fingerprint density at radius 3 is 1.91 bits per heavy atom. The molecule has 0 aliphatic rings. The van der Waals surface area contributed by atoms with Gasteiger partial charge in [0.1, 0.15) is 17.6 Å². The number of benzene rings is 2. The minimum atomic E-state index is 0.115. The van der Waals surface area contributed by atoms with E-state index in [9.17, 15) is 10.2 Å². The van der Waals surface area contributed by atoms with Crippen LogP contribution in [0.15, 0.2) is 33.2 Å². The molecule has 0 fully saturated rings. The van der Waals surface area contributed by atoms with E-state index in [4.69, 9.17) is 10.5 Å². The molecule has 0 aromatic heterocycles. The van der Waals surface area contributed by atoms with Crippen molar-refractivity contribution in [3.63, 3.8) is 0 Å². The summed E-state index contributed by atoms with van der Waals surface area (Å²) in [6, 6.07) is 10.3. The Morgan fingerprint density at radius 1 is 0.909 bits per heavy atom. The summed E-state index contributed by atoms with van der Waals surface area (Å²) >= 11 is 10.3. The summed E-state index contributed by atoms with van der Waals surface area (Å²) in [5.74, 6) is 0.345. The zero-order valence-electron chi connectivity index (χ0n) is 10.6. The molecule has 0 unspecified atom stereocenters. The SMILES string of the molecule is N#Cc1cc(Br)c(O)c(Br)c1.N#Cc1ccc(O)c(I)c1I. The van der Waals surface area contributed by atoms with Crippen LogP contribution in [0.3, 0.4) is 0 Å². The normalized spacial score (nSPS) is 9.18. The Balaban J connectivity index is 0.000000220. The molecule has 0 saturated carbocycles. The monoisotopic (exact) mass is 646 g/mol. The maximum Gasteiger partial charge on any atom is 0.144 e. The van der Waals surface area contributed by atoms with E-state index in [2.05, 4.69) is 31.9 Å². The predicted molar refractivity (Wildman–Crippen MR) is 106 cm³/mol. The van der Waals surface area contributed by atoms with Crippen LogP contribution in [0, 0.1) is 29.8 Å². The van der Waals surface area contributed by atoms with Gasteiger partial charge in [0, 0.05) is 3.57 Å². The third-order valence-corrected chi connectivity index (χ3v) is 6.78. The third-order valence-electron chi connectivity index (χ3n) is 2.33. The van der Waals surface area contributed by atoms with E-state index in [0.29, 0.717) is 20.1 Å². The van der Waals surface area contributed by atoms with Gasteiger partial charge in [0.25, 0.3) is 0 Å². The fourth-order valence-electron chi connectivity index (χ4n) is 1.26. The van der Waals surface area contributed by atoms with Crippen LogP contribution in [0.4, 0.5) is 0 Å². The number of aromatic hydroxyl groups is 2. The molecule has 0 atom stereocenters. The summed E-state index contributed by atoms with van der Waals surface area (Å²) in [4.78, 5) is 0. The largest absolute Gasteiger partial charge is 0.507 e. The van der Waals surface area contributed by atoms with Crippen LogP contribution in [0.2, 0.25) is 0 Å². The molecule has 4 nitrogen and oxygen atoms in total. The zero-order valence-corrected chi connectivity index (χ0v) is 18.1. The van der Waals surface area contributed by atoms with Crippen molar-refractivity contribution < 1.29 is 10.2 Å². The number of nitrogens with zero attached hydrogens (tertiary/aromatic N) is 2. The maximum absolute atomic E-state index is 9.22. The molecule has 0 radical (unpaired) electrons. The molecule has 0 aliphatic heterocycles. The summed E-state index contributed by atoms with van der Waals surface area (Å²) in [6.45, 7) is 0. The van der Waals surface area contributed by atoms with E-state index in [0.717, 1.165) is 7.14 Å². The second-order valence-electron chi connectivity index (χ2n) is 3.77. The minimum absolute atomic E-state index is 0.115. The van der Waals surface area contributed by atoms with Crippen molar-refractivity contribution in [2.75, 3.05) is 0 Å². The number of halogens is 4. The van der Waals surface area contributed by atoms with E-state index in [-0.39, 0.29) is 11.5 Å². The first-order chi connectivity index (χ1) is 10.3. The second kappa shape index (κ2) is 8.91. The fourth-order valence-corrected chi connectivity index (χ4v) is 3.49. The Kier molecular flexibility index (Phi) is 7.89. The van der Waals surface area contributed by atoms with Crippen LogP contribution in [0.1, 0.15) is 11.1 Å². The zero-order chi connectivity index (χ0) is 16.9. The van der Waals surface area contributed by atoms with Gasteiger partial charge in [0.2, 0.25) is 0 Å². The lowest BCUT2D eigenvalue weighted by atomic mass is 10.2. The van der Waals surface area contributed by atoms with E-state index >= 15 is 0 Å². The average molecular weight is 648 g/mol. The number of phenolic OH excluding ortho intramolecular Hbond substituents is 2. The van der Waals surface area contributed by atoms with Crippen molar-refractivity contribution in [1.82, 2.24) is 0 Å². The lowest BCUT2D eigenvalue weighted by Crippen LogP contribution is -1.85. The maximum atomic E-state index is 9.22. The number of rotatable bonds is 0. The highest BCUT2D eigenvalue weighted by Gasteiger charge is 2.06. The summed E-state index contributed by atoms with van der Waals surface area (Å²) in [5, 5.41) is 35.5. The Morgan fingerprint density at radius 2 is 1.45 bits per heavy atom. The van der Waals surface area contributed by atoms with E-state index < -0.39 is 0 Å². The quantitative estimate of drug-likeness (QED) is 0.382. The van der Waals surface area contributed by atoms with Crippen molar-refractivity contribution >= 4 is 77.0 Å². The standard InChI is InChI=1S/C7H3Br2NO.C7H3I2NO/c8-5-1-4(3-10)2-6(9)7(5)11;8-6-4(3-10)1-2-5(11)7(6)9/h2*1-2,11H. The molecule has 2 aromatic carbocycles. The fraction of sp³-hybridized carbons (Fsp3) is 0. The number of hydrogen-bond acceptors (Lipinski definition) is 4. The van der Waals surface area contributed by atoms with Gasteiger partial charge in [-0.15, -0.1) is 0 Å². The van der Waals surface area contributed by atoms with Crippen molar-refractivity contribution in [2.45, 2.75) is 0 Å². The minimum Gasteiger partial charge on any atom is -0.507 e. The molecule has 0 spiro atoms. The Labute approximate surface area is 171 Å². The van der Waals surface area contributed by atoms with Gasteiger partial charge >= 0.3 is 0 Å². The van der Waals surface area contributed by atoms with E-state index in [1.54, 1.807) is 18.2 Å². The average Bonchev–Trinajstić information content (AvgIpc) is 2.50. The van der Waals surface area contributed by atoms with Gasteiger partial charge in [-0.1, -0.05) is 0 Å². The summed E-state index contributed by atoms with van der Waals surface area (Å²) in [6.07, 6.45) is 0. The van der Waals surface area contributed by atoms with Crippen molar-refractivity contribution in [2.24, 2.45) is 0 Å². The molecule has 22 heavy (non-hydrogen) atoms. The molecular formula is C14H6Br2I2N2O2. The first-order valence-electron chi connectivity index (χ1n) is 5.47. The predicted octanol–water partition coefficient (Wildman–Crippen LogP) is 5.26. The van der Waals surface area contributed by atoms with Gasteiger partial charge in [-0.25, -0.2) is 0 Å². The van der Waals surface area contributed by atoms with Gasteiger partial charge in [-0.2, -0.15) is 10.5 Å². The molecule has 0 saturated heterocycles. The van der Waals surface area contributed by atoms with Crippen LogP contribution < -0.4 is 0 Å². The van der Waals surface area contributed by atoms with Crippen LogP contribution >= 0.6 is 77.0 Å². The molecule has 2 N–H and O–H groups in total. The van der Waals surface area contributed by atoms with Gasteiger partial charge in [-0.05, 0) is 101 Å².